The number of nitrogens with one attached hydrogen (secondary N) is 1. The third-order valence-electron chi connectivity index (χ3n) is 3.22. The van der Waals surface area contributed by atoms with E-state index < -0.39 is 10.0 Å². The van der Waals surface area contributed by atoms with Gasteiger partial charge in [-0.25, -0.2) is 13.4 Å². The van der Waals surface area contributed by atoms with Gasteiger partial charge in [-0.1, -0.05) is 6.07 Å². The molecule has 2 aromatic heterocycles. The fourth-order valence-corrected chi connectivity index (χ4v) is 2.26. The Morgan fingerprint density at radius 3 is 2.74 bits per heavy atom. The van der Waals surface area contributed by atoms with E-state index in [4.69, 9.17) is 0 Å². The number of aromatic nitrogens is 3. The zero-order valence-electron chi connectivity index (χ0n) is 13.0. The molecule has 23 heavy (non-hydrogen) atoms. The molecule has 1 N–H and O–H groups in total. The first-order valence-electron chi connectivity index (χ1n) is 6.98. The van der Waals surface area contributed by atoms with Gasteiger partial charge < -0.3 is 9.88 Å². The third kappa shape index (κ3) is 4.86. The van der Waals surface area contributed by atoms with Gasteiger partial charge in [0.05, 0.1) is 12.8 Å². The van der Waals surface area contributed by atoms with Gasteiger partial charge in [0.2, 0.25) is 15.9 Å². The summed E-state index contributed by atoms with van der Waals surface area (Å²) in [4.78, 5) is 20.2. The van der Waals surface area contributed by atoms with Crippen LogP contribution in [0, 0.1) is 0 Å². The molecule has 1 amide bonds. The lowest BCUT2D eigenvalue weighted by atomic mass is 10.3. The average molecular weight is 337 g/mol. The van der Waals surface area contributed by atoms with Crippen molar-refractivity contribution in [2.24, 2.45) is 0 Å². The fraction of sp³-hybridized carbons (Fsp3) is 0.357. The second-order valence-electron chi connectivity index (χ2n) is 5.03. The van der Waals surface area contributed by atoms with E-state index in [9.17, 15) is 13.2 Å². The van der Waals surface area contributed by atoms with Crippen LogP contribution in [0.4, 0.5) is 0 Å². The minimum atomic E-state index is -3.36. The lowest BCUT2D eigenvalue weighted by Gasteiger charge is -2.14. The van der Waals surface area contributed by atoms with Crippen molar-refractivity contribution in [2.75, 3.05) is 26.4 Å². The van der Waals surface area contributed by atoms with Crippen LogP contribution < -0.4 is 5.32 Å². The number of hydrogen-bond acceptors (Lipinski definition) is 5. The van der Waals surface area contributed by atoms with Gasteiger partial charge in [-0.15, -0.1) is 0 Å². The average Bonchev–Trinajstić information content (AvgIpc) is 2.95. The zero-order chi connectivity index (χ0) is 16.9. The molecule has 2 heterocycles. The molecule has 124 valence electrons. The molecular weight excluding hydrogens is 318 g/mol. The normalized spacial score (nSPS) is 11.6. The topological polar surface area (TPSA) is 97.2 Å². The minimum absolute atomic E-state index is 0.199. The van der Waals surface area contributed by atoms with Gasteiger partial charge in [0, 0.05) is 38.7 Å². The summed E-state index contributed by atoms with van der Waals surface area (Å²) >= 11 is 0. The predicted molar refractivity (Wildman–Crippen MR) is 85.9 cm³/mol. The first kappa shape index (κ1) is 17.1. The number of imidazole rings is 1. The largest absolute Gasteiger partial charge is 0.353 e. The van der Waals surface area contributed by atoms with Crippen LogP contribution in [0.1, 0.15) is 0 Å². The minimum Gasteiger partial charge on any atom is -0.353 e. The number of carbonyl (C=O) groups excluding carboxylic acids is 1. The number of likely N-dealkylation sites (N-methyl/N-ethyl adjacent to an activating group) is 1. The van der Waals surface area contributed by atoms with Gasteiger partial charge in [0.25, 0.3) is 0 Å². The Bertz CT molecular complexity index is 758. The van der Waals surface area contributed by atoms with Crippen molar-refractivity contribution >= 4 is 15.9 Å². The Morgan fingerprint density at radius 2 is 2.09 bits per heavy atom. The van der Waals surface area contributed by atoms with Crippen LogP contribution in [0.2, 0.25) is 0 Å². The molecule has 0 spiro atoms. The van der Waals surface area contributed by atoms with E-state index in [1.807, 2.05) is 22.8 Å². The van der Waals surface area contributed by atoms with Crippen LogP contribution in [0.5, 0.6) is 0 Å². The van der Waals surface area contributed by atoms with Gasteiger partial charge in [0.1, 0.15) is 5.69 Å². The summed E-state index contributed by atoms with van der Waals surface area (Å²) in [7, 11) is -1.99. The molecular formula is C14H19N5O3S. The molecule has 0 radical (unpaired) electrons. The number of nitrogens with zero attached hydrogens (tertiary/aromatic N) is 4. The summed E-state index contributed by atoms with van der Waals surface area (Å²) in [6, 6.07) is 5.57. The number of carbonyl (C=O) groups is 1. The van der Waals surface area contributed by atoms with Crippen molar-refractivity contribution in [3.8, 4) is 11.5 Å². The monoisotopic (exact) mass is 337 g/mol. The molecule has 0 aliphatic rings. The molecule has 8 nitrogen and oxygen atoms in total. The summed E-state index contributed by atoms with van der Waals surface area (Å²) < 4.78 is 25.4. The highest BCUT2D eigenvalue weighted by atomic mass is 32.2. The molecule has 9 heteroatoms. The van der Waals surface area contributed by atoms with Crippen LogP contribution in [0.3, 0.4) is 0 Å². The maximum absolute atomic E-state index is 11.7. The number of pyridine rings is 1. The van der Waals surface area contributed by atoms with E-state index in [1.165, 1.54) is 7.05 Å². The lowest BCUT2D eigenvalue weighted by molar-refractivity contribution is -0.121. The van der Waals surface area contributed by atoms with Gasteiger partial charge in [-0.05, 0) is 12.1 Å². The predicted octanol–water partition coefficient (Wildman–Crippen LogP) is -0.0473. The van der Waals surface area contributed by atoms with Crippen molar-refractivity contribution in [2.45, 2.75) is 6.54 Å². The Labute approximate surface area is 135 Å². The van der Waals surface area contributed by atoms with E-state index >= 15 is 0 Å². The molecule has 0 aliphatic carbocycles. The molecule has 0 unspecified atom stereocenters. The maximum Gasteiger partial charge on any atom is 0.235 e. The lowest BCUT2D eigenvalue weighted by Crippen LogP contribution is -2.38. The van der Waals surface area contributed by atoms with E-state index in [0.717, 1.165) is 16.3 Å². The molecule has 0 saturated carbocycles. The quantitative estimate of drug-likeness (QED) is 0.764. The van der Waals surface area contributed by atoms with E-state index in [1.54, 1.807) is 18.6 Å². The summed E-state index contributed by atoms with van der Waals surface area (Å²) in [5.41, 5.74) is 0.751. The summed E-state index contributed by atoms with van der Waals surface area (Å²) in [6.45, 7) is 0.683. The second kappa shape index (κ2) is 7.34. The molecule has 0 atom stereocenters. The highest BCUT2D eigenvalue weighted by molar-refractivity contribution is 7.88. The third-order valence-corrected chi connectivity index (χ3v) is 4.48. The maximum atomic E-state index is 11.7. The van der Waals surface area contributed by atoms with Crippen molar-refractivity contribution < 1.29 is 13.2 Å². The Morgan fingerprint density at radius 1 is 1.30 bits per heavy atom. The second-order valence-corrected chi connectivity index (χ2v) is 7.12. The number of amides is 1. The molecule has 0 saturated heterocycles. The molecule has 0 fully saturated rings. The van der Waals surface area contributed by atoms with E-state index in [0.29, 0.717) is 18.9 Å². The van der Waals surface area contributed by atoms with Crippen LogP contribution >= 0.6 is 0 Å². The van der Waals surface area contributed by atoms with Crippen molar-refractivity contribution in [1.29, 1.82) is 0 Å². The summed E-state index contributed by atoms with van der Waals surface area (Å²) in [5.74, 6) is 0.366. The Balaban J connectivity index is 1.88. The first-order chi connectivity index (χ1) is 10.9. The molecule has 0 aliphatic heterocycles. The Kier molecular flexibility index (Phi) is 5.45. The van der Waals surface area contributed by atoms with Crippen LogP contribution in [0.15, 0.2) is 36.8 Å². The standard InChI is InChI=1S/C14H19N5O3S/c1-18(23(2,21)22)11-13(20)16-7-9-19-10-8-17-14(19)12-5-3-4-6-15-12/h3-6,8,10H,7,9,11H2,1-2H3,(H,16,20). The highest BCUT2D eigenvalue weighted by Crippen LogP contribution is 2.13. The van der Waals surface area contributed by atoms with Gasteiger partial charge in [0.15, 0.2) is 5.82 Å². The first-order valence-corrected chi connectivity index (χ1v) is 8.83. The number of rotatable bonds is 7. The molecule has 2 rings (SSSR count). The van der Waals surface area contributed by atoms with Crippen LogP contribution in [-0.4, -0.2) is 59.6 Å². The van der Waals surface area contributed by atoms with Gasteiger partial charge in [-0.3, -0.25) is 9.78 Å². The fourth-order valence-electron chi connectivity index (χ4n) is 1.91. The summed E-state index contributed by atoms with van der Waals surface area (Å²) in [6.07, 6.45) is 6.23. The molecule has 2 aromatic rings. The number of hydrogen-bond donors (Lipinski definition) is 1. The van der Waals surface area contributed by atoms with Crippen LogP contribution in [0.25, 0.3) is 11.5 Å². The van der Waals surface area contributed by atoms with E-state index in [2.05, 4.69) is 15.3 Å². The number of sulfonamides is 1. The van der Waals surface area contributed by atoms with Crippen molar-refractivity contribution in [3.05, 3.63) is 36.8 Å². The highest BCUT2D eigenvalue weighted by Gasteiger charge is 2.14. The smallest absolute Gasteiger partial charge is 0.235 e. The van der Waals surface area contributed by atoms with Crippen LogP contribution in [-0.2, 0) is 21.4 Å². The van der Waals surface area contributed by atoms with Gasteiger partial charge >= 0.3 is 0 Å². The SMILES string of the molecule is CN(CC(=O)NCCn1ccnc1-c1ccccn1)S(C)(=O)=O. The van der Waals surface area contributed by atoms with Crippen molar-refractivity contribution in [3.63, 3.8) is 0 Å². The van der Waals surface area contributed by atoms with Crippen molar-refractivity contribution in [1.82, 2.24) is 24.2 Å². The van der Waals surface area contributed by atoms with Gasteiger partial charge in [-0.2, -0.15) is 4.31 Å². The zero-order valence-corrected chi connectivity index (χ0v) is 13.8. The molecule has 0 bridgehead atoms. The molecule has 0 aromatic carbocycles. The Hall–Kier alpha value is -2.26. The van der Waals surface area contributed by atoms with E-state index in [-0.39, 0.29) is 12.5 Å². The summed E-state index contributed by atoms with van der Waals surface area (Å²) in [5, 5.41) is 2.69.